The number of ether oxygens (including phenoxy) is 4. The van der Waals surface area contributed by atoms with Crippen LogP contribution < -0.4 is 0 Å². The maximum absolute atomic E-state index is 13.1. The van der Waals surface area contributed by atoms with Crippen LogP contribution in [0.2, 0.25) is 0 Å². The van der Waals surface area contributed by atoms with Crippen molar-refractivity contribution in [1.29, 1.82) is 0 Å². The molecule has 0 fully saturated rings. The van der Waals surface area contributed by atoms with E-state index in [-0.39, 0.29) is 25.7 Å². The van der Waals surface area contributed by atoms with Crippen molar-refractivity contribution in [3.05, 3.63) is 24.3 Å². The minimum Gasteiger partial charge on any atom is -0.462 e. The monoisotopic (exact) mass is 1550 g/mol. The first-order chi connectivity index (χ1) is 51.3. The minimum atomic E-state index is -4.97. The molecule has 0 spiro atoms. The van der Waals surface area contributed by atoms with Gasteiger partial charge in [-0.2, -0.15) is 0 Å². The van der Waals surface area contributed by atoms with Crippen molar-refractivity contribution in [3.63, 3.8) is 0 Å². The number of aliphatic hydroxyl groups excluding tert-OH is 1. The zero-order chi connectivity index (χ0) is 77.9. The number of esters is 4. The van der Waals surface area contributed by atoms with Crippen LogP contribution >= 0.6 is 15.6 Å². The van der Waals surface area contributed by atoms with Gasteiger partial charge in [0.25, 0.3) is 0 Å². The van der Waals surface area contributed by atoms with Crippen molar-refractivity contribution >= 4 is 39.5 Å². The molecule has 0 heterocycles. The molecule has 0 saturated heterocycles. The normalized spacial score (nSPS) is 14.3. The summed E-state index contributed by atoms with van der Waals surface area (Å²) in [4.78, 5) is 73.2. The van der Waals surface area contributed by atoms with Crippen LogP contribution in [0.25, 0.3) is 0 Å². The van der Waals surface area contributed by atoms with E-state index in [4.69, 9.17) is 37.0 Å². The zero-order valence-electron chi connectivity index (χ0n) is 69.4. The summed E-state index contributed by atoms with van der Waals surface area (Å²) in [6.45, 7) is 11.9. The summed E-state index contributed by atoms with van der Waals surface area (Å²) < 4.78 is 68.8. The van der Waals surface area contributed by atoms with E-state index in [0.29, 0.717) is 31.6 Å². The van der Waals surface area contributed by atoms with E-state index in [9.17, 15) is 43.2 Å². The number of phosphoric ester groups is 2. The Morgan fingerprint density at radius 2 is 0.557 bits per heavy atom. The predicted molar refractivity (Wildman–Crippen MR) is 437 cm³/mol. The second kappa shape index (κ2) is 76.5. The summed E-state index contributed by atoms with van der Waals surface area (Å²) in [6, 6.07) is 0. The van der Waals surface area contributed by atoms with Gasteiger partial charge < -0.3 is 33.8 Å². The third-order valence-electron chi connectivity index (χ3n) is 20.1. The number of phosphoric acid groups is 2. The Morgan fingerprint density at radius 1 is 0.311 bits per heavy atom. The number of aliphatic hydroxyl groups is 1. The Labute approximate surface area is 650 Å². The van der Waals surface area contributed by atoms with Crippen molar-refractivity contribution in [3.8, 4) is 0 Å². The average Bonchev–Trinajstić information content (AvgIpc) is 0.899. The van der Waals surface area contributed by atoms with E-state index in [2.05, 4.69) is 72.8 Å². The molecular formula is C87H166O17P2. The topological polar surface area (TPSA) is 237 Å². The summed E-state index contributed by atoms with van der Waals surface area (Å²) >= 11 is 0. The van der Waals surface area contributed by atoms with Crippen LogP contribution in [0.3, 0.4) is 0 Å². The average molecular weight is 1550 g/mol. The Kier molecular flexibility index (Phi) is 74.7. The molecule has 0 aromatic rings. The molecule has 0 radical (unpaired) electrons. The first kappa shape index (κ1) is 104. The molecule has 0 aromatic heterocycles. The molecule has 0 saturated carbocycles. The Morgan fingerprint density at radius 3 is 0.840 bits per heavy atom. The summed E-state index contributed by atoms with van der Waals surface area (Å²) in [6.07, 6.45) is 70.4. The minimum absolute atomic E-state index is 0.0843. The van der Waals surface area contributed by atoms with Gasteiger partial charge in [-0.25, -0.2) is 9.13 Å². The van der Waals surface area contributed by atoms with Crippen LogP contribution in [0.5, 0.6) is 0 Å². The Balaban J connectivity index is 5.24. The second-order valence-corrected chi connectivity index (χ2v) is 34.7. The highest BCUT2D eigenvalue weighted by atomic mass is 31.2. The van der Waals surface area contributed by atoms with Crippen molar-refractivity contribution < 1.29 is 80.2 Å². The van der Waals surface area contributed by atoms with E-state index >= 15 is 0 Å². The van der Waals surface area contributed by atoms with Gasteiger partial charge in [-0.15, -0.1) is 0 Å². The third-order valence-corrected chi connectivity index (χ3v) is 22.0. The number of allylic oxidation sites excluding steroid dienone is 4. The van der Waals surface area contributed by atoms with Crippen molar-refractivity contribution in [2.24, 2.45) is 17.8 Å². The number of carbonyl (C=O) groups excluding carboxylic acids is 4. The summed E-state index contributed by atoms with van der Waals surface area (Å²) in [5.74, 6) is 0.247. The van der Waals surface area contributed by atoms with Gasteiger partial charge >= 0.3 is 39.5 Å². The molecule has 0 aliphatic rings. The van der Waals surface area contributed by atoms with Crippen LogP contribution in [-0.4, -0.2) is 96.7 Å². The molecule has 6 atom stereocenters. The number of rotatable bonds is 83. The first-order valence-corrected chi connectivity index (χ1v) is 47.2. The SMILES string of the molecule is CCCCCC/C=C\C=C/CCCCCCCC(=O)O[C@H](COC(=O)CCCCCCCCCC(C)C)COP(=O)(O)OCC(O)COP(=O)(O)OC[C@@H](COC(=O)CCCCCCCCCCCCCCCCCCCCC(C)CC)OC(=O)CCCCCCCCCCCCCCCCCCC(C)C. The molecule has 19 heteroatoms. The first-order valence-electron chi connectivity index (χ1n) is 44.2. The molecule has 3 N–H and O–H groups in total. The number of unbranched alkanes of at least 4 members (excludes halogenated alkanes) is 47. The largest absolute Gasteiger partial charge is 0.472 e. The molecule has 0 aliphatic carbocycles. The summed E-state index contributed by atoms with van der Waals surface area (Å²) in [5.41, 5.74) is 0. The van der Waals surface area contributed by atoms with Crippen LogP contribution in [0.15, 0.2) is 24.3 Å². The predicted octanol–water partition coefficient (Wildman–Crippen LogP) is 26.0. The highest BCUT2D eigenvalue weighted by molar-refractivity contribution is 7.47. The van der Waals surface area contributed by atoms with Gasteiger partial charge in [0.15, 0.2) is 12.2 Å². The van der Waals surface area contributed by atoms with E-state index in [1.807, 2.05) is 0 Å². The fourth-order valence-corrected chi connectivity index (χ4v) is 14.6. The van der Waals surface area contributed by atoms with Gasteiger partial charge in [0.2, 0.25) is 0 Å². The van der Waals surface area contributed by atoms with Crippen LogP contribution in [0.1, 0.15) is 434 Å². The summed E-state index contributed by atoms with van der Waals surface area (Å²) in [5, 5.41) is 10.7. The Bertz CT molecular complexity index is 2140. The smallest absolute Gasteiger partial charge is 0.462 e. The van der Waals surface area contributed by atoms with Crippen molar-refractivity contribution in [2.45, 2.75) is 452 Å². The molecule has 0 aliphatic heterocycles. The highest BCUT2D eigenvalue weighted by Gasteiger charge is 2.30. The maximum atomic E-state index is 13.1. The fraction of sp³-hybridized carbons (Fsp3) is 0.908. The van der Waals surface area contributed by atoms with Crippen LogP contribution in [0, 0.1) is 17.8 Å². The molecule has 626 valence electrons. The van der Waals surface area contributed by atoms with Gasteiger partial charge in [-0.3, -0.25) is 37.3 Å². The zero-order valence-corrected chi connectivity index (χ0v) is 71.2. The van der Waals surface area contributed by atoms with E-state index in [0.717, 1.165) is 121 Å². The Hall–Kier alpha value is -2.46. The summed E-state index contributed by atoms with van der Waals surface area (Å²) in [7, 11) is -9.94. The van der Waals surface area contributed by atoms with Gasteiger partial charge in [0, 0.05) is 25.7 Å². The molecule has 0 aromatic carbocycles. The second-order valence-electron chi connectivity index (χ2n) is 31.8. The van der Waals surface area contributed by atoms with Gasteiger partial charge in [-0.05, 0) is 69.1 Å². The van der Waals surface area contributed by atoms with E-state index in [1.54, 1.807) is 0 Å². The van der Waals surface area contributed by atoms with Gasteiger partial charge in [0.1, 0.15) is 19.3 Å². The van der Waals surface area contributed by atoms with E-state index < -0.39 is 97.5 Å². The molecular weight excluding hydrogens is 1380 g/mol. The van der Waals surface area contributed by atoms with Crippen LogP contribution in [0.4, 0.5) is 0 Å². The number of hydrogen-bond donors (Lipinski definition) is 3. The molecule has 0 rings (SSSR count). The molecule has 17 nitrogen and oxygen atoms in total. The van der Waals surface area contributed by atoms with Gasteiger partial charge in [-0.1, -0.05) is 381 Å². The fourth-order valence-electron chi connectivity index (χ4n) is 13.0. The third kappa shape index (κ3) is 78.2. The van der Waals surface area contributed by atoms with Gasteiger partial charge in [0.05, 0.1) is 26.4 Å². The van der Waals surface area contributed by atoms with Crippen molar-refractivity contribution in [2.75, 3.05) is 39.6 Å². The lowest BCUT2D eigenvalue weighted by Crippen LogP contribution is -2.30. The number of hydrogen-bond acceptors (Lipinski definition) is 15. The molecule has 4 unspecified atom stereocenters. The standard InChI is InChI=1S/C87H166O17P2/c1-8-10-11-12-13-14-15-16-23-31-36-41-48-56-63-70-87(92)104-83(75-98-85(90)69-62-55-50-43-45-52-59-66-79(5)6)77-102-106(95,96)100-73-81(88)72-99-105(93,94)101-76-82(103-86(91)71-64-57-49-42-37-32-27-22-21-24-28-33-38-44-51-58-65-78(3)4)74-97-84(89)68-61-54-47-40-35-30-26-20-18-17-19-25-29-34-39-46-53-60-67-80(7)9-2/h14-16,23,78-83,88H,8-13,17-22,24-77H2,1-7H3,(H,93,94)(H,95,96)/b15-14-,23-16-/t80?,81?,82-,83-/m1/s1. The van der Waals surface area contributed by atoms with Crippen LogP contribution in [-0.2, 0) is 65.4 Å². The quantitative estimate of drug-likeness (QED) is 0.0169. The van der Waals surface area contributed by atoms with Crippen molar-refractivity contribution in [1.82, 2.24) is 0 Å². The lowest BCUT2D eigenvalue weighted by molar-refractivity contribution is -0.161. The molecule has 0 bridgehead atoms. The molecule has 0 amide bonds. The number of carbonyl (C=O) groups is 4. The van der Waals surface area contributed by atoms with E-state index in [1.165, 1.54) is 225 Å². The highest BCUT2D eigenvalue weighted by Crippen LogP contribution is 2.45. The maximum Gasteiger partial charge on any atom is 0.472 e. The lowest BCUT2D eigenvalue weighted by atomic mass is 9.99. The molecule has 106 heavy (non-hydrogen) atoms. The lowest BCUT2D eigenvalue weighted by Gasteiger charge is -2.21.